The van der Waals surface area contributed by atoms with Crippen LogP contribution in [0.25, 0.3) is 0 Å². The summed E-state index contributed by atoms with van der Waals surface area (Å²) in [6.45, 7) is -0.283. The number of halogens is 2. The number of esters is 1. The van der Waals surface area contributed by atoms with Crippen LogP contribution in [0.1, 0.15) is 6.42 Å². The van der Waals surface area contributed by atoms with Gasteiger partial charge in [0.25, 0.3) is 0 Å². The van der Waals surface area contributed by atoms with Gasteiger partial charge in [-0.3, -0.25) is 4.79 Å². The van der Waals surface area contributed by atoms with Gasteiger partial charge >= 0.3 is 5.97 Å². The zero-order chi connectivity index (χ0) is 15.8. The van der Waals surface area contributed by atoms with Crippen LogP contribution in [-0.4, -0.2) is 49.6 Å². The van der Waals surface area contributed by atoms with Crippen molar-refractivity contribution >= 4 is 27.6 Å². The summed E-state index contributed by atoms with van der Waals surface area (Å²) < 4.78 is 43.7. The SMILES string of the molecule is COC(=O)C1CC(O)CN1S(=O)(=O)c1cc(F)ccc1Cl. The summed E-state index contributed by atoms with van der Waals surface area (Å²) in [5, 5.41) is 9.46. The minimum Gasteiger partial charge on any atom is -0.468 e. The molecule has 2 atom stereocenters. The van der Waals surface area contributed by atoms with Crippen molar-refractivity contribution in [2.45, 2.75) is 23.5 Å². The molecular weight excluding hydrogens is 325 g/mol. The van der Waals surface area contributed by atoms with Crippen molar-refractivity contribution in [1.82, 2.24) is 4.31 Å². The summed E-state index contributed by atoms with van der Waals surface area (Å²) in [5.41, 5.74) is 0. The first kappa shape index (κ1) is 16.2. The number of aliphatic hydroxyl groups is 1. The molecule has 2 unspecified atom stereocenters. The van der Waals surface area contributed by atoms with E-state index in [0.717, 1.165) is 29.6 Å². The van der Waals surface area contributed by atoms with Gasteiger partial charge in [-0.15, -0.1) is 0 Å². The maximum Gasteiger partial charge on any atom is 0.324 e. The van der Waals surface area contributed by atoms with Crippen LogP contribution in [0.3, 0.4) is 0 Å². The van der Waals surface area contributed by atoms with E-state index in [1.54, 1.807) is 0 Å². The van der Waals surface area contributed by atoms with Crippen LogP contribution >= 0.6 is 11.6 Å². The fourth-order valence-corrected chi connectivity index (χ4v) is 4.32. The van der Waals surface area contributed by atoms with E-state index in [0.29, 0.717) is 0 Å². The molecule has 1 aliphatic rings. The molecule has 9 heteroatoms. The van der Waals surface area contributed by atoms with Crippen molar-refractivity contribution < 1.29 is 27.4 Å². The Morgan fingerprint density at radius 2 is 2.19 bits per heavy atom. The van der Waals surface area contributed by atoms with E-state index < -0.39 is 38.9 Å². The van der Waals surface area contributed by atoms with E-state index in [1.807, 2.05) is 0 Å². The monoisotopic (exact) mass is 337 g/mol. The van der Waals surface area contributed by atoms with Crippen molar-refractivity contribution in [3.8, 4) is 0 Å². The Labute approximate surface area is 126 Å². The molecule has 0 bridgehead atoms. The molecule has 1 aromatic rings. The van der Waals surface area contributed by atoms with Crippen molar-refractivity contribution in [2.75, 3.05) is 13.7 Å². The third-order valence-electron chi connectivity index (χ3n) is 3.19. The number of carbonyl (C=O) groups excluding carboxylic acids is 1. The van der Waals surface area contributed by atoms with E-state index in [-0.39, 0.29) is 18.0 Å². The maximum atomic E-state index is 13.3. The van der Waals surface area contributed by atoms with Gasteiger partial charge in [-0.1, -0.05) is 11.6 Å². The van der Waals surface area contributed by atoms with Crippen LogP contribution in [0, 0.1) is 5.82 Å². The summed E-state index contributed by atoms with van der Waals surface area (Å²) in [4.78, 5) is 11.2. The third kappa shape index (κ3) is 3.03. The molecule has 0 radical (unpaired) electrons. The van der Waals surface area contributed by atoms with E-state index in [1.165, 1.54) is 0 Å². The average Bonchev–Trinajstić information content (AvgIpc) is 2.83. The Bertz CT molecular complexity index is 666. The van der Waals surface area contributed by atoms with Crippen LogP contribution in [0.5, 0.6) is 0 Å². The summed E-state index contributed by atoms with van der Waals surface area (Å²) in [5.74, 6) is -1.56. The summed E-state index contributed by atoms with van der Waals surface area (Å²) in [6.07, 6.45) is -1.09. The Kier molecular flexibility index (Phi) is 4.52. The molecule has 1 N–H and O–H groups in total. The number of rotatable bonds is 3. The highest BCUT2D eigenvalue weighted by molar-refractivity contribution is 7.89. The van der Waals surface area contributed by atoms with Crippen molar-refractivity contribution in [3.05, 3.63) is 29.0 Å². The molecule has 0 aromatic heterocycles. The lowest BCUT2D eigenvalue weighted by molar-refractivity contribution is -0.144. The van der Waals surface area contributed by atoms with Crippen molar-refractivity contribution in [2.24, 2.45) is 0 Å². The molecule has 1 fully saturated rings. The van der Waals surface area contributed by atoms with Gasteiger partial charge in [0.05, 0.1) is 18.2 Å². The molecule has 1 heterocycles. The molecule has 0 saturated carbocycles. The first-order valence-corrected chi connectivity index (χ1v) is 7.82. The number of methoxy groups -OCH3 is 1. The zero-order valence-electron chi connectivity index (χ0n) is 11.0. The van der Waals surface area contributed by atoms with Gasteiger partial charge in [0.2, 0.25) is 10.0 Å². The van der Waals surface area contributed by atoms with Gasteiger partial charge in [0, 0.05) is 13.0 Å². The molecule has 6 nitrogen and oxygen atoms in total. The highest BCUT2D eigenvalue weighted by atomic mass is 35.5. The average molecular weight is 338 g/mol. The molecule has 0 spiro atoms. The number of aliphatic hydroxyl groups excluding tert-OH is 1. The Morgan fingerprint density at radius 1 is 1.52 bits per heavy atom. The number of benzene rings is 1. The van der Waals surface area contributed by atoms with Crippen LogP contribution in [0.4, 0.5) is 4.39 Å². The van der Waals surface area contributed by atoms with E-state index >= 15 is 0 Å². The van der Waals surface area contributed by atoms with Gasteiger partial charge in [-0.25, -0.2) is 12.8 Å². The normalized spacial score (nSPS) is 23.2. The van der Waals surface area contributed by atoms with Gasteiger partial charge in [-0.05, 0) is 18.2 Å². The number of ether oxygens (including phenoxy) is 1. The second-order valence-corrected chi connectivity index (χ2v) is 6.84. The molecule has 2 rings (SSSR count). The second-order valence-electron chi connectivity index (χ2n) is 4.58. The van der Waals surface area contributed by atoms with E-state index in [2.05, 4.69) is 4.74 Å². The number of hydrogen-bond donors (Lipinski definition) is 1. The lowest BCUT2D eigenvalue weighted by atomic mass is 10.2. The number of hydrogen-bond acceptors (Lipinski definition) is 5. The minimum absolute atomic E-state index is 0.0845. The smallest absolute Gasteiger partial charge is 0.324 e. The Hall–Kier alpha value is -1.22. The number of β-amino-alcohol motifs (C(OH)–C–C–N with tert-alkyl or cyclic N) is 1. The summed E-state index contributed by atoms with van der Waals surface area (Å²) in [6, 6.07) is 1.76. The fourth-order valence-electron chi connectivity index (χ4n) is 2.20. The topological polar surface area (TPSA) is 83.9 Å². The predicted molar refractivity (Wildman–Crippen MR) is 71.7 cm³/mol. The van der Waals surface area contributed by atoms with Crippen LogP contribution < -0.4 is 0 Å². The molecule has 0 amide bonds. The highest BCUT2D eigenvalue weighted by Crippen LogP contribution is 2.31. The molecule has 116 valence electrons. The highest BCUT2D eigenvalue weighted by Gasteiger charge is 2.44. The van der Waals surface area contributed by atoms with Gasteiger partial charge < -0.3 is 9.84 Å². The second kappa shape index (κ2) is 5.88. The molecule has 1 aromatic carbocycles. The van der Waals surface area contributed by atoms with Crippen molar-refractivity contribution in [1.29, 1.82) is 0 Å². The quantitative estimate of drug-likeness (QED) is 0.824. The molecular formula is C12H13ClFNO5S. The molecule has 0 aliphatic carbocycles. The van der Waals surface area contributed by atoms with Crippen molar-refractivity contribution in [3.63, 3.8) is 0 Å². The number of nitrogens with zero attached hydrogens (tertiary/aromatic N) is 1. The zero-order valence-corrected chi connectivity index (χ0v) is 12.6. The van der Waals surface area contributed by atoms with Gasteiger partial charge in [-0.2, -0.15) is 4.31 Å². The van der Waals surface area contributed by atoms with Gasteiger partial charge in [0.15, 0.2) is 0 Å². The summed E-state index contributed by atoms with van der Waals surface area (Å²) in [7, 11) is -3.11. The number of sulfonamides is 1. The first-order chi connectivity index (χ1) is 9.77. The van der Waals surface area contributed by atoms with Gasteiger partial charge in [0.1, 0.15) is 16.8 Å². The Morgan fingerprint density at radius 3 is 2.81 bits per heavy atom. The Balaban J connectivity index is 2.47. The molecule has 21 heavy (non-hydrogen) atoms. The molecule has 1 aliphatic heterocycles. The number of carbonyl (C=O) groups is 1. The summed E-state index contributed by atoms with van der Waals surface area (Å²) >= 11 is 5.81. The lowest BCUT2D eigenvalue weighted by Crippen LogP contribution is -2.41. The third-order valence-corrected chi connectivity index (χ3v) is 5.54. The van der Waals surface area contributed by atoms with Crippen LogP contribution in [0.2, 0.25) is 5.02 Å². The predicted octanol–water partition coefficient (Wildman–Crippen LogP) is 0.776. The largest absolute Gasteiger partial charge is 0.468 e. The minimum atomic E-state index is -4.23. The molecule has 1 saturated heterocycles. The fraction of sp³-hybridized carbons (Fsp3) is 0.417. The van der Waals surface area contributed by atoms with E-state index in [9.17, 15) is 22.7 Å². The standard InChI is InChI=1S/C12H13ClFNO5S/c1-20-12(17)10-5-8(16)6-15(10)21(18,19)11-4-7(14)2-3-9(11)13/h2-4,8,10,16H,5-6H2,1H3. The van der Waals surface area contributed by atoms with Crippen LogP contribution in [-0.2, 0) is 19.6 Å². The van der Waals surface area contributed by atoms with Crippen LogP contribution in [0.15, 0.2) is 23.1 Å². The maximum absolute atomic E-state index is 13.3. The van der Waals surface area contributed by atoms with E-state index in [4.69, 9.17) is 11.6 Å². The first-order valence-electron chi connectivity index (χ1n) is 6.00. The lowest BCUT2D eigenvalue weighted by Gasteiger charge is -2.22.